The van der Waals surface area contributed by atoms with E-state index in [9.17, 15) is 4.79 Å². The van der Waals surface area contributed by atoms with Crippen LogP contribution in [0.2, 0.25) is 0 Å². The van der Waals surface area contributed by atoms with Gasteiger partial charge in [-0.3, -0.25) is 4.90 Å². The number of ether oxygens (including phenoxy) is 2. The smallest absolute Gasteiger partial charge is 0.325 e. The van der Waals surface area contributed by atoms with Gasteiger partial charge in [0, 0.05) is 12.0 Å². The van der Waals surface area contributed by atoms with E-state index < -0.39 is 5.72 Å². The summed E-state index contributed by atoms with van der Waals surface area (Å²) in [6, 6.07) is 15.1. The van der Waals surface area contributed by atoms with E-state index in [0.29, 0.717) is 17.9 Å². The van der Waals surface area contributed by atoms with Crippen LogP contribution >= 0.6 is 0 Å². The van der Waals surface area contributed by atoms with E-state index in [1.807, 2.05) is 55.5 Å². The Bertz CT molecular complexity index is 776. The molecule has 2 aliphatic heterocycles. The van der Waals surface area contributed by atoms with Crippen LogP contribution in [0.1, 0.15) is 24.9 Å². The van der Waals surface area contributed by atoms with Crippen molar-refractivity contribution < 1.29 is 14.3 Å². The molecular formula is C18H18N2O3. The van der Waals surface area contributed by atoms with Gasteiger partial charge in [-0.05, 0) is 25.1 Å². The molecule has 1 fully saturated rings. The van der Waals surface area contributed by atoms with Crippen LogP contribution < -0.4 is 19.7 Å². The van der Waals surface area contributed by atoms with Gasteiger partial charge < -0.3 is 14.8 Å². The number of carbonyl (C=O) groups is 1. The molecule has 0 aromatic heterocycles. The standard InChI is InChI=1S/C18H18N2O3/c1-18-11-13(12-7-3-5-9-15(12)23-18)19-17(21)20(18)14-8-4-6-10-16(14)22-2/h3-10,13H,11H2,1-2H3,(H,19,21)/t13-,18+/m0/s1. The van der Waals surface area contributed by atoms with Gasteiger partial charge in [0.25, 0.3) is 0 Å². The SMILES string of the molecule is COc1ccccc1N1C(=O)N[C@H]2C[C@@]1(C)Oc1ccccc12. The molecule has 1 N–H and O–H groups in total. The van der Waals surface area contributed by atoms with Crippen molar-refractivity contribution in [1.29, 1.82) is 0 Å². The predicted octanol–water partition coefficient (Wildman–Crippen LogP) is 3.46. The highest BCUT2D eigenvalue weighted by Gasteiger charge is 2.50. The normalized spacial score (nSPS) is 25.2. The molecule has 4 rings (SSSR count). The summed E-state index contributed by atoms with van der Waals surface area (Å²) in [6.07, 6.45) is 0.674. The van der Waals surface area contributed by atoms with Crippen LogP contribution in [0.3, 0.4) is 0 Å². The third kappa shape index (κ3) is 2.04. The van der Waals surface area contributed by atoms with E-state index in [1.165, 1.54) is 0 Å². The summed E-state index contributed by atoms with van der Waals surface area (Å²) in [5.41, 5.74) is 0.974. The Morgan fingerprint density at radius 3 is 2.78 bits per heavy atom. The first kappa shape index (κ1) is 13.9. The van der Waals surface area contributed by atoms with Gasteiger partial charge in [-0.1, -0.05) is 30.3 Å². The van der Waals surface area contributed by atoms with E-state index >= 15 is 0 Å². The average Bonchev–Trinajstić information content (AvgIpc) is 2.54. The number of hydrogen-bond donors (Lipinski definition) is 1. The molecule has 5 heteroatoms. The van der Waals surface area contributed by atoms with E-state index in [1.54, 1.807) is 12.0 Å². The molecule has 23 heavy (non-hydrogen) atoms. The van der Waals surface area contributed by atoms with Gasteiger partial charge in [-0.2, -0.15) is 0 Å². The maximum atomic E-state index is 12.8. The molecule has 118 valence electrons. The van der Waals surface area contributed by atoms with Gasteiger partial charge in [-0.15, -0.1) is 0 Å². The van der Waals surface area contributed by atoms with Gasteiger partial charge >= 0.3 is 6.03 Å². The fraction of sp³-hybridized carbons (Fsp3) is 0.278. The summed E-state index contributed by atoms with van der Waals surface area (Å²) < 4.78 is 11.7. The quantitative estimate of drug-likeness (QED) is 0.924. The Kier molecular flexibility index (Phi) is 2.98. The zero-order chi connectivity index (χ0) is 16.0. The number of amides is 2. The van der Waals surface area contributed by atoms with Crippen LogP contribution in [0.5, 0.6) is 11.5 Å². The lowest BCUT2D eigenvalue weighted by molar-refractivity contribution is 0.0375. The summed E-state index contributed by atoms with van der Waals surface area (Å²) in [7, 11) is 1.60. The number of nitrogens with zero attached hydrogens (tertiary/aromatic N) is 1. The number of fused-ring (bicyclic) bond motifs is 4. The minimum Gasteiger partial charge on any atom is -0.495 e. The molecule has 0 spiro atoms. The van der Waals surface area contributed by atoms with E-state index in [4.69, 9.17) is 9.47 Å². The molecule has 2 aliphatic rings. The molecule has 2 amide bonds. The van der Waals surface area contributed by atoms with Crippen LogP contribution in [0.25, 0.3) is 0 Å². The molecule has 2 aromatic rings. The van der Waals surface area contributed by atoms with E-state index in [2.05, 4.69) is 5.32 Å². The van der Waals surface area contributed by atoms with Crippen molar-refractivity contribution in [2.75, 3.05) is 12.0 Å². The van der Waals surface area contributed by atoms with E-state index in [0.717, 1.165) is 11.3 Å². The highest BCUT2D eigenvalue weighted by Crippen LogP contribution is 2.46. The van der Waals surface area contributed by atoms with Crippen molar-refractivity contribution in [2.24, 2.45) is 0 Å². The first-order valence-corrected chi connectivity index (χ1v) is 7.64. The van der Waals surface area contributed by atoms with Gasteiger partial charge in [0.2, 0.25) is 0 Å². The molecular weight excluding hydrogens is 292 g/mol. The lowest BCUT2D eigenvalue weighted by atomic mass is 9.90. The third-order valence-corrected chi connectivity index (χ3v) is 4.51. The Morgan fingerprint density at radius 2 is 1.96 bits per heavy atom. The molecule has 2 heterocycles. The molecule has 0 unspecified atom stereocenters. The molecule has 1 saturated heterocycles. The molecule has 2 bridgehead atoms. The summed E-state index contributed by atoms with van der Waals surface area (Å²) >= 11 is 0. The molecule has 0 radical (unpaired) electrons. The average molecular weight is 310 g/mol. The monoisotopic (exact) mass is 310 g/mol. The molecule has 0 aliphatic carbocycles. The first-order chi connectivity index (χ1) is 11.1. The van der Waals surface area contributed by atoms with E-state index in [-0.39, 0.29) is 12.1 Å². The van der Waals surface area contributed by atoms with Crippen LogP contribution in [-0.2, 0) is 0 Å². The second kappa shape index (κ2) is 4.91. The topological polar surface area (TPSA) is 50.8 Å². The zero-order valence-corrected chi connectivity index (χ0v) is 13.1. The van der Waals surface area contributed by atoms with Crippen molar-refractivity contribution >= 4 is 11.7 Å². The second-order valence-electron chi connectivity index (χ2n) is 6.03. The largest absolute Gasteiger partial charge is 0.495 e. The van der Waals surface area contributed by atoms with Gasteiger partial charge in [0.15, 0.2) is 5.72 Å². The van der Waals surface area contributed by atoms with Crippen molar-refractivity contribution in [2.45, 2.75) is 25.1 Å². The Balaban J connectivity index is 1.83. The maximum Gasteiger partial charge on any atom is 0.325 e. The van der Waals surface area contributed by atoms with Gasteiger partial charge in [0.1, 0.15) is 11.5 Å². The third-order valence-electron chi connectivity index (χ3n) is 4.51. The molecule has 5 nitrogen and oxygen atoms in total. The Labute approximate surface area is 134 Å². The highest BCUT2D eigenvalue weighted by atomic mass is 16.5. The number of benzene rings is 2. The van der Waals surface area contributed by atoms with Gasteiger partial charge in [-0.25, -0.2) is 4.79 Å². The Hall–Kier alpha value is -2.69. The molecule has 0 saturated carbocycles. The summed E-state index contributed by atoms with van der Waals surface area (Å²) in [4.78, 5) is 14.4. The van der Waals surface area contributed by atoms with Crippen LogP contribution in [0.15, 0.2) is 48.5 Å². The first-order valence-electron chi connectivity index (χ1n) is 7.64. The number of carbonyl (C=O) groups excluding carboxylic acids is 1. The zero-order valence-electron chi connectivity index (χ0n) is 13.1. The number of urea groups is 1. The second-order valence-corrected chi connectivity index (χ2v) is 6.03. The maximum absolute atomic E-state index is 12.8. The predicted molar refractivity (Wildman–Crippen MR) is 86.8 cm³/mol. The number of anilines is 1. The highest BCUT2D eigenvalue weighted by molar-refractivity contribution is 5.96. The molecule has 2 aromatic carbocycles. The minimum atomic E-state index is -0.754. The van der Waals surface area contributed by atoms with Crippen LogP contribution in [0.4, 0.5) is 10.5 Å². The van der Waals surface area contributed by atoms with Crippen LogP contribution in [0, 0.1) is 0 Å². The minimum absolute atomic E-state index is 0.0385. The van der Waals surface area contributed by atoms with Crippen LogP contribution in [-0.4, -0.2) is 18.9 Å². The number of nitrogens with one attached hydrogen (secondary N) is 1. The summed E-state index contributed by atoms with van der Waals surface area (Å²) in [5.74, 6) is 1.45. The number of methoxy groups -OCH3 is 1. The fourth-order valence-electron chi connectivity index (χ4n) is 3.50. The fourth-order valence-corrected chi connectivity index (χ4v) is 3.50. The van der Waals surface area contributed by atoms with Crippen molar-refractivity contribution in [1.82, 2.24) is 5.32 Å². The van der Waals surface area contributed by atoms with Gasteiger partial charge in [0.05, 0.1) is 18.8 Å². The van der Waals surface area contributed by atoms with Crippen molar-refractivity contribution in [3.8, 4) is 11.5 Å². The lowest BCUT2D eigenvalue weighted by Gasteiger charge is -2.50. The number of para-hydroxylation sites is 3. The Morgan fingerprint density at radius 1 is 1.22 bits per heavy atom. The summed E-state index contributed by atoms with van der Waals surface area (Å²) in [6.45, 7) is 1.95. The summed E-state index contributed by atoms with van der Waals surface area (Å²) in [5, 5.41) is 3.08. The molecule has 2 atom stereocenters. The number of rotatable bonds is 2. The number of hydrogen-bond acceptors (Lipinski definition) is 3. The van der Waals surface area contributed by atoms with Crippen molar-refractivity contribution in [3.05, 3.63) is 54.1 Å². The van der Waals surface area contributed by atoms with Crippen molar-refractivity contribution in [3.63, 3.8) is 0 Å². The lowest BCUT2D eigenvalue weighted by Crippen LogP contribution is -2.65.